The predicted octanol–water partition coefficient (Wildman–Crippen LogP) is 0.928. The van der Waals surface area contributed by atoms with Crippen molar-refractivity contribution in [3.63, 3.8) is 0 Å². The number of rotatable bonds is 8. The van der Waals surface area contributed by atoms with Gasteiger partial charge in [-0.15, -0.1) is 0 Å². The van der Waals surface area contributed by atoms with E-state index in [-0.39, 0.29) is 18.8 Å². The van der Waals surface area contributed by atoms with Crippen LogP contribution in [0.2, 0.25) is 0 Å². The molecule has 0 saturated carbocycles. The van der Waals surface area contributed by atoms with Crippen LogP contribution in [0.4, 0.5) is 0 Å². The quantitative estimate of drug-likeness (QED) is 0.555. The second-order valence-corrected chi connectivity index (χ2v) is 4.51. The van der Waals surface area contributed by atoms with Crippen molar-refractivity contribution in [1.29, 1.82) is 0 Å². The summed E-state index contributed by atoms with van der Waals surface area (Å²) < 4.78 is 19.8. The lowest BCUT2D eigenvalue weighted by atomic mass is 10.1. The van der Waals surface area contributed by atoms with Gasteiger partial charge in [-0.1, -0.05) is 0 Å². The molecule has 132 valence electrons. The van der Waals surface area contributed by atoms with Crippen LogP contribution < -0.4 is 14.8 Å². The van der Waals surface area contributed by atoms with Crippen LogP contribution in [-0.2, 0) is 19.1 Å². The molecule has 0 saturated heterocycles. The van der Waals surface area contributed by atoms with Gasteiger partial charge in [0.05, 0.1) is 27.4 Å². The minimum absolute atomic E-state index is 0.0671. The highest BCUT2D eigenvalue weighted by molar-refractivity contribution is 6.05. The van der Waals surface area contributed by atoms with Crippen molar-refractivity contribution in [2.75, 3.05) is 27.4 Å². The van der Waals surface area contributed by atoms with Crippen LogP contribution in [0.3, 0.4) is 0 Å². The monoisotopic (exact) mass is 339 g/mol. The Kier molecular flexibility index (Phi) is 7.54. The van der Waals surface area contributed by atoms with Gasteiger partial charge in [-0.3, -0.25) is 4.79 Å². The summed E-state index contributed by atoms with van der Waals surface area (Å²) in [6.45, 7) is 3.32. The first-order valence-electron chi connectivity index (χ1n) is 7.34. The van der Waals surface area contributed by atoms with Gasteiger partial charge in [-0.2, -0.15) is 0 Å². The molecule has 1 aromatic rings. The summed E-state index contributed by atoms with van der Waals surface area (Å²) in [4.78, 5) is 36.1. The number of hydrogen-bond donors (Lipinski definition) is 1. The average Bonchev–Trinajstić information content (AvgIpc) is 2.59. The van der Waals surface area contributed by atoms with E-state index in [1.807, 2.05) is 0 Å². The summed E-state index contributed by atoms with van der Waals surface area (Å²) in [6.07, 6.45) is 0. The third-order valence-corrected chi connectivity index (χ3v) is 2.93. The summed E-state index contributed by atoms with van der Waals surface area (Å²) in [5.74, 6) is -1.66. The Hall–Kier alpha value is -2.77. The Morgan fingerprint density at radius 3 is 1.75 bits per heavy atom. The van der Waals surface area contributed by atoms with Crippen molar-refractivity contribution < 1.29 is 33.3 Å². The molecule has 1 rings (SSSR count). The maximum Gasteiger partial charge on any atom is 0.340 e. The van der Waals surface area contributed by atoms with Gasteiger partial charge in [-0.05, 0) is 26.0 Å². The van der Waals surface area contributed by atoms with Gasteiger partial charge < -0.3 is 24.3 Å². The zero-order chi connectivity index (χ0) is 18.1. The molecule has 0 aliphatic heterocycles. The summed E-state index contributed by atoms with van der Waals surface area (Å²) in [7, 11) is 2.88. The fourth-order valence-electron chi connectivity index (χ4n) is 1.82. The van der Waals surface area contributed by atoms with Crippen molar-refractivity contribution in [2.24, 2.45) is 0 Å². The molecule has 0 bridgehead atoms. The fraction of sp³-hybridized carbons (Fsp3) is 0.438. The van der Waals surface area contributed by atoms with E-state index >= 15 is 0 Å². The maximum absolute atomic E-state index is 12.4. The molecule has 0 heterocycles. The smallest absolute Gasteiger partial charge is 0.340 e. The van der Waals surface area contributed by atoms with Crippen molar-refractivity contribution in [2.45, 2.75) is 19.9 Å². The second-order valence-electron chi connectivity index (χ2n) is 4.51. The molecule has 8 nitrogen and oxygen atoms in total. The van der Waals surface area contributed by atoms with E-state index in [2.05, 4.69) is 5.32 Å². The summed E-state index contributed by atoms with van der Waals surface area (Å²) in [5.41, 5.74) is 0.157. The van der Waals surface area contributed by atoms with E-state index < -0.39 is 23.9 Å². The van der Waals surface area contributed by atoms with Crippen molar-refractivity contribution in [1.82, 2.24) is 5.32 Å². The molecule has 1 N–H and O–H groups in total. The van der Waals surface area contributed by atoms with E-state index in [0.717, 1.165) is 0 Å². The zero-order valence-electron chi connectivity index (χ0n) is 14.1. The molecular formula is C16H21NO7. The van der Waals surface area contributed by atoms with Gasteiger partial charge in [0.1, 0.15) is 11.5 Å². The molecule has 0 aliphatic carbocycles. The number of benzene rings is 1. The van der Waals surface area contributed by atoms with Gasteiger partial charge >= 0.3 is 11.9 Å². The molecule has 0 aromatic heterocycles. The van der Waals surface area contributed by atoms with E-state index in [9.17, 15) is 14.4 Å². The van der Waals surface area contributed by atoms with Crippen LogP contribution in [0, 0.1) is 0 Å². The topological polar surface area (TPSA) is 100 Å². The van der Waals surface area contributed by atoms with Crippen LogP contribution in [0.25, 0.3) is 0 Å². The maximum atomic E-state index is 12.4. The molecule has 0 radical (unpaired) electrons. The van der Waals surface area contributed by atoms with E-state index in [1.165, 1.54) is 26.4 Å². The first-order valence-corrected chi connectivity index (χ1v) is 7.34. The van der Waals surface area contributed by atoms with Crippen molar-refractivity contribution in [3.05, 3.63) is 23.8 Å². The standard InChI is InChI=1S/C16H21NO7/c1-5-23-15(19)13(16(20)24-6-2)17-14(18)10-7-11(21-3)9-12(8-10)22-4/h7-9,13H,5-6H2,1-4H3,(H,17,18). The minimum Gasteiger partial charge on any atom is -0.497 e. The fourth-order valence-corrected chi connectivity index (χ4v) is 1.82. The highest BCUT2D eigenvalue weighted by Crippen LogP contribution is 2.22. The molecule has 1 amide bonds. The lowest BCUT2D eigenvalue weighted by molar-refractivity contribution is -0.157. The first kappa shape index (κ1) is 19.3. The third kappa shape index (κ3) is 5.15. The lowest BCUT2D eigenvalue weighted by Crippen LogP contribution is -2.48. The first-order chi connectivity index (χ1) is 11.5. The van der Waals surface area contributed by atoms with Gasteiger partial charge in [0.25, 0.3) is 5.91 Å². The third-order valence-electron chi connectivity index (χ3n) is 2.93. The van der Waals surface area contributed by atoms with Gasteiger partial charge in [0.2, 0.25) is 6.04 Å². The molecule has 1 aromatic carbocycles. The predicted molar refractivity (Wildman–Crippen MR) is 84.1 cm³/mol. The number of nitrogens with one attached hydrogen (secondary N) is 1. The highest BCUT2D eigenvalue weighted by Gasteiger charge is 2.31. The molecule has 0 unspecified atom stereocenters. The number of amides is 1. The van der Waals surface area contributed by atoms with Crippen molar-refractivity contribution in [3.8, 4) is 11.5 Å². The van der Waals surface area contributed by atoms with E-state index in [4.69, 9.17) is 18.9 Å². The lowest BCUT2D eigenvalue weighted by Gasteiger charge is -2.16. The van der Waals surface area contributed by atoms with Crippen molar-refractivity contribution >= 4 is 17.8 Å². The molecule has 0 aliphatic rings. The van der Waals surface area contributed by atoms with Crippen LogP contribution in [0.1, 0.15) is 24.2 Å². The summed E-state index contributed by atoms with van der Waals surface area (Å²) in [6, 6.07) is 2.94. The summed E-state index contributed by atoms with van der Waals surface area (Å²) >= 11 is 0. The average molecular weight is 339 g/mol. The molecule has 0 atom stereocenters. The SMILES string of the molecule is CCOC(=O)C(NC(=O)c1cc(OC)cc(OC)c1)C(=O)OCC. The van der Waals surface area contributed by atoms with Gasteiger partial charge in [0.15, 0.2) is 0 Å². The molecule has 0 fully saturated rings. The largest absolute Gasteiger partial charge is 0.497 e. The molecule has 8 heteroatoms. The van der Waals surface area contributed by atoms with Crippen LogP contribution >= 0.6 is 0 Å². The minimum atomic E-state index is -1.55. The molecule has 24 heavy (non-hydrogen) atoms. The number of hydrogen-bond acceptors (Lipinski definition) is 7. The van der Waals surface area contributed by atoms with Crippen LogP contribution in [-0.4, -0.2) is 51.3 Å². The molecular weight excluding hydrogens is 318 g/mol. The number of ether oxygens (including phenoxy) is 4. The van der Waals surface area contributed by atoms with Crippen LogP contribution in [0.15, 0.2) is 18.2 Å². The van der Waals surface area contributed by atoms with Gasteiger partial charge in [-0.25, -0.2) is 9.59 Å². The Morgan fingerprint density at radius 1 is 0.917 bits per heavy atom. The Morgan fingerprint density at radius 2 is 1.38 bits per heavy atom. The number of carbonyl (C=O) groups excluding carboxylic acids is 3. The highest BCUT2D eigenvalue weighted by atomic mass is 16.6. The summed E-state index contributed by atoms with van der Waals surface area (Å²) in [5, 5.41) is 2.31. The zero-order valence-corrected chi connectivity index (χ0v) is 14.1. The Bertz CT molecular complexity index is 560. The van der Waals surface area contributed by atoms with E-state index in [1.54, 1.807) is 19.9 Å². The normalized spacial score (nSPS) is 10.0. The Balaban J connectivity index is 3.02. The second kappa shape index (κ2) is 9.39. The van der Waals surface area contributed by atoms with E-state index in [0.29, 0.717) is 11.5 Å². The van der Waals surface area contributed by atoms with Gasteiger partial charge in [0, 0.05) is 11.6 Å². The Labute approximate surface area is 140 Å². The number of carbonyl (C=O) groups is 3. The molecule has 0 spiro atoms. The van der Waals surface area contributed by atoms with Crippen LogP contribution in [0.5, 0.6) is 11.5 Å². The number of esters is 2. The number of methoxy groups -OCH3 is 2.